The Labute approximate surface area is 112 Å². The Morgan fingerprint density at radius 2 is 2.00 bits per heavy atom. The Kier molecular flexibility index (Phi) is 3.36. The number of rotatable bonds is 1. The highest BCUT2D eigenvalue weighted by molar-refractivity contribution is 6.31. The molecule has 3 nitrogen and oxygen atoms in total. The number of nitrogens with zero attached hydrogens (tertiary/aromatic N) is 2. The molecule has 96 valence electrons. The van der Waals surface area contributed by atoms with Crippen LogP contribution in [0, 0.1) is 23.0 Å². The maximum atomic E-state index is 13.9. The van der Waals surface area contributed by atoms with Gasteiger partial charge in [0, 0.05) is 30.4 Å². The summed E-state index contributed by atoms with van der Waals surface area (Å²) in [5, 5.41) is 8.34. The van der Waals surface area contributed by atoms with Crippen LogP contribution in [0.15, 0.2) is 24.5 Å². The van der Waals surface area contributed by atoms with Crippen LogP contribution >= 0.6 is 11.6 Å². The number of nitriles is 1. The lowest BCUT2D eigenvalue weighted by molar-refractivity contribution is 0.0937. The quantitative estimate of drug-likeness (QED) is 0.749. The third-order valence-corrected chi connectivity index (χ3v) is 2.98. The Morgan fingerprint density at radius 3 is 2.58 bits per heavy atom. The van der Waals surface area contributed by atoms with Gasteiger partial charge in [-0.2, -0.15) is 5.26 Å². The average molecular weight is 281 g/mol. The van der Waals surface area contributed by atoms with Crippen LogP contribution in [0.3, 0.4) is 0 Å². The summed E-state index contributed by atoms with van der Waals surface area (Å²) in [7, 11) is 0. The zero-order valence-corrected chi connectivity index (χ0v) is 10.5. The molecule has 0 unspecified atom stereocenters. The molecule has 2 rings (SSSR count). The van der Waals surface area contributed by atoms with Crippen LogP contribution < -0.4 is 0 Å². The molecule has 0 spiro atoms. The lowest BCUT2D eigenvalue weighted by Gasteiger charge is -2.04. The van der Waals surface area contributed by atoms with E-state index in [4.69, 9.17) is 16.9 Å². The lowest BCUT2D eigenvalue weighted by atomic mass is 10.0. The SMILES string of the molecule is CC(=O)n1cc(C#N)c(-c2ccc(F)c(Cl)c2F)c1. The van der Waals surface area contributed by atoms with Gasteiger partial charge in [-0.15, -0.1) is 0 Å². The van der Waals surface area contributed by atoms with Gasteiger partial charge >= 0.3 is 0 Å². The Morgan fingerprint density at radius 1 is 1.32 bits per heavy atom. The summed E-state index contributed by atoms with van der Waals surface area (Å²) in [5.74, 6) is -2.16. The highest BCUT2D eigenvalue weighted by atomic mass is 35.5. The van der Waals surface area contributed by atoms with Crippen molar-refractivity contribution in [2.75, 3.05) is 0 Å². The van der Waals surface area contributed by atoms with E-state index in [1.165, 1.54) is 25.4 Å². The number of benzene rings is 1. The van der Waals surface area contributed by atoms with E-state index in [9.17, 15) is 13.6 Å². The smallest absolute Gasteiger partial charge is 0.227 e. The van der Waals surface area contributed by atoms with Crippen molar-refractivity contribution in [1.82, 2.24) is 4.57 Å². The summed E-state index contributed by atoms with van der Waals surface area (Å²) in [6.07, 6.45) is 2.60. The fourth-order valence-corrected chi connectivity index (χ4v) is 1.84. The number of carbonyl (C=O) groups excluding carboxylic acids is 1. The molecule has 0 N–H and O–H groups in total. The number of aromatic nitrogens is 1. The van der Waals surface area contributed by atoms with E-state index in [0.717, 1.165) is 10.6 Å². The Balaban J connectivity index is 2.69. The highest BCUT2D eigenvalue weighted by Gasteiger charge is 2.18. The van der Waals surface area contributed by atoms with Gasteiger partial charge in [-0.3, -0.25) is 9.36 Å². The fourth-order valence-electron chi connectivity index (χ4n) is 1.67. The molecule has 0 fully saturated rings. The van der Waals surface area contributed by atoms with Gasteiger partial charge in [0.15, 0.2) is 5.82 Å². The molecule has 1 aromatic heterocycles. The van der Waals surface area contributed by atoms with Gasteiger partial charge in [-0.25, -0.2) is 8.78 Å². The molecule has 0 bridgehead atoms. The van der Waals surface area contributed by atoms with Crippen molar-refractivity contribution in [2.45, 2.75) is 6.92 Å². The van der Waals surface area contributed by atoms with Gasteiger partial charge in [0.2, 0.25) is 5.91 Å². The second-order valence-corrected chi connectivity index (χ2v) is 4.22. The first kappa shape index (κ1) is 13.2. The molecule has 2 aromatic rings. The van der Waals surface area contributed by atoms with Gasteiger partial charge in [-0.1, -0.05) is 11.6 Å². The van der Waals surface area contributed by atoms with E-state index in [-0.39, 0.29) is 22.6 Å². The van der Waals surface area contributed by atoms with Crippen LogP contribution in [0.1, 0.15) is 17.3 Å². The van der Waals surface area contributed by atoms with Gasteiger partial charge in [0.25, 0.3) is 0 Å². The van der Waals surface area contributed by atoms with Crippen molar-refractivity contribution in [3.63, 3.8) is 0 Å². The Bertz CT molecular complexity index is 716. The summed E-state index contributed by atoms with van der Waals surface area (Å²) in [6.45, 7) is 1.30. The van der Waals surface area contributed by atoms with Crippen molar-refractivity contribution in [2.24, 2.45) is 0 Å². The van der Waals surface area contributed by atoms with E-state index in [1.807, 2.05) is 6.07 Å². The lowest BCUT2D eigenvalue weighted by Crippen LogP contribution is -2.01. The van der Waals surface area contributed by atoms with Gasteiger partial charge in [0.05, 0.1) is 5.56 Å². The van der Waals surface area contributed by atoms with Crippen LogP contribution in [0.4, 0.5) is 8.78 Å². The largest absolute Gasteiger partial charge is 0.293 e. The molecule has 19 heavy (non-hydrogen) atoms. The second kappa shape index (κ2) is 4.82. The molecule has 0 saturated heterocycles. The minimum Gasteiger partial charge on any atom is -0.293 e. The van der Waals surface area contributed by atoms with Crippen molar-refractivity contribution in [3.05, 3.63) is 46.7 Å². The minimum atomic E-state index is -0.959. The fraction of sp³-hybridized carbons (Fsp3) is 0.0769. The van der Waals surface area contributed by atoms with Crippen molar-refractivity contribution >= 4 is 17.5 Å². The van der Waals surface area contributed by atoms with Crippen LogP contribution in [-0.4, -0.2) is 10.5 Å². The first-order valence-corrected chi connectivity index (χ1v) is 5.60. The molecule has 0 aliphatic carbocycles. The number of halogens is 3. The standard InChI is InChI=1S/C13H7ClF2N2O/c1-7(19)18-5-8(4-17)10(6-18)9-2-3-11(15)12(14)13(9)16/h2-3,5-6H,1H3. The molecule has 0 radical (unpaired) electrons. The normalized spacial score (nSPS) is 10.3. The Hall–Kier alpha value is -2.19. The maximum absolute atomic E-state index is 13.9. The zero-order chi connectivity index (χ0) is 14.2. The first-order chi connectivity index (χ1) is 8.95. The molecule has 0 aliphatic heterocycles. The monoisotopic (exact) mass is 280 g/mol. The summed E-state index contributed by atoms with van der Waals surface area (Å²) >= 11 is 5.49. The number of carbonyl (C=O) groups is 1. The summed E-state index contributed by atoms with van der Waals surface area (Å²) in [4.78, 5) is 11.2. The molecule has 0 saturated carbocycles. The third kappa shape index (κ3) is 2.23. The van der Waals surface area contributed by atoms with Crippen LogP contribution in [0.2, 0.25) is 5.02 Å². The first-order valence-electron chi connectivity index (χ1n) is 5.22. The number of hydrogen-bond acceptors (Lipinski definition) is 2. The predicted octanol–water partition coefficient (Wildman–Crippen LogP) is 3.62. The van der Waals surface area contributed by atoms with E-state index in [2.05, 4.69) is 0 Å². The summed E-state index contributed by atoms with van der Waals surface area (Å²) in [5.41, 5.74) is 0.275. The van der Waals surface area contributed by atoms with Crippen LogP contribution in [0.5, 0.6) is 0 Å². The van der Waals surface area contributed by atoms with Crippen molar-refractivity contribution in [3.8, 4) is 17.2 Å². The minimum absolute atomic E-state index is 0.0250. The third-order valence-electron chi connectivity index (χ3n) is 2.64. The molecule has 6 heteroatoms. The van der Waals surface area contributed by atoms with E-state index >= 15 is 0 Å². The maximum Gasteiger partial charge on any atom is 0.227 e. The van der Waals surface area contributed by atoms with E-state index < -0.39 is 16.7 Å². The topological polar surface area (TPSA) is 45.8 Å². The summed E-state index contributed by atoms with van der Waals surface area (Å²) < 4.78 is 28.2. The predicted molar refractivity (Wildman–Crippen MR) is 65.8 cm³/mol. The molecule has 0 atom stereocenters. The summed E-state index contributed by atoms with van der Waals surface area (Å²) in [6, 6.07) is 4.04. The molecule has 0 amide bonds. The molecule has 1 aromatic carbocycles. The number of hydrogen-bond donors (Lipinski definition) is 0. The molecular formula is C13H7ClF2N2O. The van der Waals surface area contributed by atoms with Gasteiger partial charge in [0.1, 0.15) is 16.9 Å². The molecule has 1 heterocycles. The van der Waals surface area contributed by atoms with E-state index in [1.54, 1.807) is 0 Å². The average Bonchev–Trinajstić information content (AvgIpc) is 2.80. The molecular weight excluding hydrogens is 274 g/mol. The van der Waals surface area contributed by atoms with E-state index in [0.29, 0.717) is 0 Å². The van der Waals surface area contributed by atoms with Crippen LogP contribution in [-0.2, 0) is 0 Å². The van der Waals surface area contributed by atoms with Crippen molar-refractivity contribution < 1.29 is 13.6 Å². The van der Waals surface area contributed by atoms with Gasteiger partial charge in [-0.05, 0) is 12.1 Å². The van der Waals surface area contributed by atoms with Crippen LogP contribution in [0.25, 0.3) is 11.1 Å². The zero-order valence-electron chi connectivity index (χ0n) is 9.75. The second-order valence-electron chi connectivity index (χ2n) is 3.85. The van der Waals surface area contributed by atoms with Crippen molar-refractivity contribution in [1.29, 1.82) is 5.26 Å². The highest BCUT2D eigenvalue weighted by Crippen LogP contribution is 2.32. The molecule has 0 aliphatic rings. The van der Waals surface area contributed by atoms with Gasteiger partial charge < -0.3 is 0 Å².